The molecule has 0 bridgehead atoms. The molecule has 7 heteroatoms. The molecule has 0 N–H and O–H groups in total. The first-order valence-electron chi connectivity index (χ1n) is 8.71. The van der Waals surface area contributed by atoms with Gasteiger partial charge in [0.05, 0.1) is 12.0 Å². The van der Waals surface area contributed by atoms with Crippen molar-refractivity contribution in [2.75, 3.05) is 0 Å². The van der Waals surface area contributed by atoms with Crippen LogP contribution in [0.4, 0.5) is 26.3 Å². The zero-order valence-corrected chi connectivity index (χ0v) is 14.5. The van der Waals surface area contributed by atoms with E-state index in [9.17, 15) is 26.3 Å². The third kappa shape index (κ3) is 5.95. The first kappa shape index (κ1) is 20.6. The average Bonchev–Trinajstić information content (AvgIpc) is 2.55. The molecule has 1 aliphatic carbocycles. The minimum Gasteiger partial charge on any atom is -0.432 e. The largest absolute Gasteiger partial charge is 0.432 e. The molecule has 146 valence electrons. The number of ether oxygens (including phenoxy) is 1. The highest BCUT2D eigenvalue weighted by atomic mass is 19.4. The third-order valence-corrected chi connectivity index (χ3v) is 4.61. The standard InChI is InChI=1S/C19H22F6O/c1-2-3-13-4-10-16(11-5-13)26-19(24,25)15-8-6-14(7-9-15)17(20)12-18(21,22)23/h4-5,10-12,14-15H,2-3,6-9H2,1H3/b17-12-. The minimum atomic E-state index is -4.74. The van der Waals surface area contributed by atoms with E-state index in [1.165, 1.54) is 12.1 Å². The van der Waals surface area contributed by atoms with Crippen molar-refractivity contribution in [1.29, 1.82) is 0 Å². The van der Waals surface area contributed by atoms with E-state index in [0.29, 0.717) is 0 Å². The van der Waals surface area contributed by atoms with E-state index in [2.05, 4.69) is 0 Å². The third-order valence-electron chi connectivity index (χ3n) is 4.61. The molecule has 1 aromatic carbocycles. The molecule has 0 amide bonds. The van der Waals surface area contributed by atoms with Crippen molar-refractivity contribution in [2.24, 2.45) is 11.8 Å². The Kier molecular flexibility index (Phi) is 6.64. The molecule has 0 saturated heterocycles. The lowest BCUT2D eigenvalue weighted by Gasteiger charge is -2.32. The topological polar surface area (TPSA) is 9.23 Å². The van der Waals surface area contributed by atoms with Crippen LogP contribution in [-0.4, -0.2) is 12.3 Å². The first-order valence-corrected chi connectivity index (χ1v) is 8.71. The van der Waals surface area contributed by atoms with Crippen LogP contribution in [0.1, 0.15) is 44.6 Å². The number of hydrogen-bond acceptors (Lipinski definition) is 1. The summed E-state index contributed by atoms with van der Waals surface area (Å²) in [5.41, 5.74) is 1.02. The molecular weight excluding hydrogens is 358 g/mol. The van der Waals surface area contributed by atoms with Crippen molar-refractivity contribution in [3.63, 3.8) is 0 Å². The molecular formula is C19H22F6O. The molecule has 0 radical (unpaired) electrons. The van der Waals surface area contributed by atoms with Crippen LogP contribution in [0.15, 0.2) is 36.2 Å². The number of hydrogen-bond donors (Lipinski definition) is 0. The fourth-order valence-corrected chi connectivity index (χ4v) is 3.23. The monoisotopic (exact) mass is 380 g/mol. The van der Waals surface area contributed by atoms with Gasteiger partial charge in [-0.3, -0.25) is 0 Å². The van der Waals surface area contributed by atoms with Crippen LogP contribution in [0.2, 0.25) is 0 Å². The summed E-state index contributed by atoms with van der Waals surface area (Å²) in [5.74, 6) is -3.35. The summed E-state index contributed by atoms with van der Waals surface area (Å²) in [6, 6.07) is 6.42. The van der Waals surface area contributed by atoms with Gasteiger partial charge in [-0.05, 0) is 49.8 Å². The normalized spacial score (nSPS) is 22.3. The van der Waals surface area contributed by atoms with Crippen LogP contribution in [0.25, 0.3) is 0 Å². The summed E-state index contributed by atoms with van der Waals surface area (Å²) < 4.78 is 83.6. The molecule has 0 aliphatic heterocycles. The van der Waals surface area contributed by atoms with Crippen molar-refractivity contribution < 1.29 is 31.1 Å². The molecule has 0 heterocycles. The quantitative estimate of drug-likeness (QED) is 0.491. The van der Waals surface area contributed by atoms with Gasteiger partial charge in [-0.25, -0.2) is 4.39 Å². The van der Waals surface area contributed by atoms with Crippen LogP contribution >= 0.6 is 0 Å². The van der Waals surface area contributed by atoms with E-state index in [1.807, 2.05) is 6.92 Å². The Morgan fingerprint density at radius 3 is 2.12 bits per heavy atom. The summed E-state index contributed by atoms with van der Waals surface area (Å²) in [6.07, 6.45) is -7.08. The lowest BCUT2D eigenvalue weighted by molar-refractivity contribution is -0.223. The SMILES string of the molecule is CCCc1ccc(OC(F)(F)C2CCC(/C(F)=C/C(F)(F)F)CC2)cc1. The van der Waals surface area contributed by atoms with E-state index in [1.54, 1.807) is 12.1 Å². The van der Waals surface area contributed by atoms with Gasteiger partial charge in [0.25, 0.3) is 0 Å². The van der Waals surface area contributed by atoms with Crippen molar-refractivity contribution in [3.05, 3.63) is 41.7 Å². The fraction of sp³-hybridized carbons (Fsp3) is 0.579. The van der Waals surface area contributed by atoms with E-state index < -0.39 is 29.9 Å². The molecule has 2 rings (SSSR count). The zero-order valence-electron chi connectivity index (χ0n) is 14.5. The lowest BCUT2D eigenvalue weighted by atomic mass is 9.80. The Labute approximate surface area is 149 Å². The van der Waals surface area contributed by atoms with Gasteiger partial charge in [0, 0.05) is 5.92 Å². The maximum Gasteiger partial charge on any atom is 0.412 e. The zero-order chi connectivity index (χ0) is 19.4. The maximum absolute atomic E-state index is 14.3. The summed E-state index contributed by atoms with van der Waals surface area (Å²) >= 11 is 0. The highest BCUT2D eigenvalue weighted by molar-refractivity contribution is 5.27. The number of aryl methyl sites for hydroxylation is 1. The van der Waals surface area contributed by atoms with E-state index in [-0.39, 0.29) is 37.5 Å². The maximum atomic E-state index is 14.3. The van der Waals surface area contributed by atoms with Gasteiger partial charge in [0.2, 0.25) is 0 Å². The summed E-state index contributed by atoms with van der Waals surface area (Å²) in [6.45, 7) is 2.02. The molecule has 1 fully saturated rings. The van der Waals surface area contributed by atoms with Crippen molar-refractivity contribution in [3.8, 4) is 5.75 Å². The molecule has 1 aliphatic rings. The Morgan fingerprint density at radius 1 is 1.04 bits per heavy atom. The lowest BCUT2D eigenvalue weighted by Crippen LogP contribution is -2.37. The Hall–Kier alpha value is -1.66. The van der Waals surface area contributed by atoms with Crippen LogP contribution in [0.5, 0.6) is 5.75 Å². The molecule has 1 aromatic rings. The Bertz CT molecular complexity index is 597. The van der Waals surface area contributed by atoms with Crippen LogP contribution in [-0.2, 0) is 6.42 Å². The van der Waals surface area contributed by atoms with Crippen molar-refractivity contribution >= 4 is 0 Å². The minimum absolute atomic E-state index is 0.0418. The number of halogens is 6. The predicted molar refractivity (Wildman–Crippen MR) is 86.7 cm³/mol. The average molecular weight is 380 g/mol. The molecule has 26 heavy (non-hydrogen) atoms. The van der Waals surface area contributed by atoms with E-state index >= 15 is 0 Å². The molecule has 0 unspecified atom stereocenters. The van der Waals surface area contributed by atoms with Gasteiger partial charge >= 0.3 is 12.3 Å². The van der Waals surface area contributed by atoms with E-state index in [0.717, 1.165) is 18.4 Å². The second kappa shape index (κ2) is 8.35. The number of alkyl halides is 5. The van der Waals surface area contributed by atoms with Gasteiger partial charge in [0.1, 0.15) is 11.6 Å². The van der Waals surface area contributed by atoms with E-state index in [4.69, 9.17) is 4.74 Å². The van der Waals surface area contributed by atoms with Gasteiger partial charge in [-0.2, -0.15) is 22.0 Å². The smallest absolute Gasteiger partial charge is 0.412 e. The van der Waals surface area contributed by atoms with Crippen LogP contribution in [0, 0.1) is 11.8 Å². The van der Waals surface area contributed by atoms with Crippen molar-refractivity contribution in [1.82, 2.24) is 0 Å². The summed E-state index contributed by atoms with van der Waals surface area (Å²) in [4.78, 5) is 0. The Morgan fingerprint density at radius 2 is 1.62 bits per heavy atom. The Balaban J connectivity index is 1.93. The van der Waals surface area contributed by atoms with Gasteiger partial charge in [-0.15, -0.1) is 0 Å². The predicted octanol–water partition coefficient (Wildman–Crippen LogP) is 6.83. The highest BCUT2D eigenvalue weighted by Crippen LogP contribution is 2.42. The number of rotatable bonds is 6. The summed E-state index contributed by atoms with van der Waals surface area (Å²) in [5, 5.41) is 0. The van der Waals surface area contributed by atoms with Crippen molar-refractivity contribution in [2.45, 2.75) is 57.7 Å². The number of benzene rings is 1. The number of allylic oxidation sites excluding steroid dienone is 2. The van der Waals surface area contributed by atoms with Gasteiger partial charge in [0.15, 0.2) is 0 Å². The second-order valence-electron chi connectivity index (χ2n) is 6.68. The van der Waals surface area contributed by atoms with Crippen LogP contribution < -0.4 is 4.74 Å². The molecule has 1 nitrogen and oxygen atoms in total. The molecule has 1 saturated carbocycles. The van der Waals surface area contributed by atoms with Gasteiger partial charge in [-0.1, -0.05) is 25.5 Å². The highest BCUT2D eigenvalue weighted by Gasteiger charge is 2.44. The fourth-order valence-electron chi connectivity index (χ4n) is 3.23. The molecule has 0 aromatic heterocycles. The van der Waals surface area contributed by atoms with Gasteiger partial charge < -0.3 is 4.74 Å². The molecule has 0 spiro atoms. The summed E-state index contributed by atoms with van der Waals surface area (Å²) in [7, 11) is 0. The second-order valence-corrected chi connectivity index (χ2v) is 6.68. The first-order chi connectivity index (χ1) is 12.1. The molecule has 0 atom stereocenters. The van der Waals surface area contributed by atoms with Crippen LogP contribution in [0.3, 0.4) is 0 Å².